The standard InChI is InChI=1S/C15H28O7S.Na/c1-3-5-7-9-11-20-15(17)13(23-22-21-18)12-14(16)19-10-8-6-4-2;/h13,18H,3-12H2,1-2H3;/q;+1/p-1. The number of ether oxygens (including phenoxy) is 2. The van der Waals surface area contributed by atoms with Crippen molar-refractivity contribution in [1.29, 1.82) is 0 Å². The van der Waals surface area contributed by atoms with Gasteiger partial charge in [0.05, 0.1) is 19.6 Å². The normalized spacial score (nSPS) is 11.5. The second-order valence-electron chi connectivity index (χ2n) is 5.08. The van der Waals surface area contributed by atoms with Gasteiger partial charge in [0.15, 0.2) is 0 Å². The summed E-state index contributed by atoms with van der Waals surface area (Å²) in [5, 5.41) is 12.2. The number of hydrogen-bond acceptors (Lipinski definition) is 8. The molecule has 0 bridgehead atoms. The van der Waals surface area contributed by atoms with Gasteiger partial charge in [0, 0.05) is 12.0 Å². The van der Waals surface area contributed by atoms with Crippen molar-refractivity contribution in [2.24, 2.45) is 0 Å². The van der Waals surface area contributed by atoms with E-state index < -0.39 is 17.2 Å². The largest absolute Gasteiger partial charge is 1.00 e. The number of unbranched alkanes of at least 4 members (excludes halogenated alkanes) is 5. The number of esters is 2. The Balaban J connectivity index is 0. The van der Waals surface area contributed by atoms with Gasteiger partial charge < -0.3 is 14.7 Å². The summed E-state index contributed by atoms with van der Waals surface area (Å²) in [6, 6.07) is 0. The molecule has 7 nitrogen and oxygen atoms in total. The molecule has 0 aromatic carbocycles. The molecule has 0 aliphatic carbocycles. The summed E-state index contributed by atoms with van der Waals surface area (Å²) in [5.74, 6) is -1.15. The minimum Gasteiger partial charge on any atom is -0.691 e. The van der Waals surface area contributed by atoms with Crippen LogP contribution in [0.5, 0.6) is 0 Å². The van der Waals surface area contributed by atoms with E-state index in [0.717, 1.165) is 44.9 Å². The molecule has 24 heavy (non-hydrogen) atoms. The Hall–Kier alpha value is 0.170. The van der Waals surface area contributed by atoms with Gasteiger partial charge in [-0.15, -0.1) is 0 Å². The monoisotopic (exact) mass is 374 g/mol. The molecule has 0 fully saturated rings. The Morgan fingerprint density at radius 1 is 0.958 bits per heavy atom. The predicted octanol–water partition coefficient (Wildman–Crippen LogP) is -0.522. The Labute approximate surface area is 170 Å². The molecule has 0 amide bonds. The summed E-state index contributed by atoms with van der Waals surface area (Å²) in [6.45, 7) is 4.73. The van der Waals surface area contributed by atoms with Crippen LogP contribution in [0.25, 0.3) is 0 Å². The molecule has 0 aromatic heterocycles. The zero-order valence-corrected chi connectivity index (χ0v) is 17.7. The van der Waals surface area contributed by atoms with Gasteiger partial charge in [0.25, 0.3) is 0 Å². The first-order chi connectivity index (χ1) is 11.2. The van der Waals surface area contributed by atoms with Gasteiger partial charge in [-0.2, -0.15) is 4.33 Å². The van der Waals surface area contributed by atoms with Crippen molar-refractivity contribution >= 4 is 24.0 Å². The minimum atomic E-state index is -0.978. The van der Waals surface area contributed by atoms with Crippen molar-refractivity contribution in [3.8, 4) is 0 Å². The number of rotatable bonds is 15. The Morgan fingerprint density at radius 2 is 1.54 bits per heavy atom. The fraction of sp³-hybridized carbons (Fsp3) is 0.867. The molecule has 0 saturated carbocycles. The topological polar surface area (TPSA) is 94.1 Å². The first-order valence-electron chi connectivity index (χ1n) is 8.09. The zero-order valence-electron chi connectivity index (χ0n) is 14.9. The second-order valence-corrected chi connectivity index (χ2v) is 5.98. The molecule has 0 aliphatic heterocycles. The number of hydrogen-bond donors (Lipinski definition) is 0. The summed E-state index contributed by atoms with van der Waals surface area (Å²) in [4.78, 5) is 23.6. The third-order valence-corrected chi connectivity index (χ3v) is 3.78. The van der Waals surface area contributed by atoms with Crippen molar-refractivity contribution in [3.05, 3.63) is 0 Å². The number of carbonyl (C=O) groups is 2. The Morgan fingerprint density at radius 3 is 2.17 bits per heavy atom. The summed E-state index contributed by atoms with van der Waals surface area (Å²) in [5.41, 5.74) is 0. The van der Waals surface area contributed by atoms with Crippen LogP contribution < -0.4 is 34.8 Å². The van der Waals surface area contributed by atoms with E-state index in [9.17, 15) is 14.8 Å². The average Bonchev–Trinajstić information content (AvgIpc) is 2.55. The van der Waals surface area contributed by atoms with E-state index in [1.165, 1.54) is 0 Å². The molecular formula is C15H27NaO7S. The molecular weight excluding hydrogens is 347 g/mol. The Kier molecular flexibility index (Phi) is 21.4. The van der Waals surface area contributed by atoms with E-state index in [4.69, 9.17) is 9.47 Å². The fourth-order valence-electron chi connectivity index (χ4n) is 1.76. The van der Waals surface area contributed by atoms with Gasteiger partial charge >= 0.3 is 41.5 Å². The van der Waals surface area contributed by atoms with Gasteiger partial charge in [-0.25, -0.2) is 0 Å². The predicted molar refractivity (Wildman–Crippen MR) is 83.8 cm³/mol. The van der Waals surface area contributed by atoms with Gasteiger partial charge in [-0.05, 0) is 12.8 Å². The van der Waals surface area contributed by atoms with Crippen LogP contribution in [0.4, 0.5) is 0 Å². The van der Waals surface area contributed by atoms with Crippen molar-refractivity contribution in [2.45, 2.75) is 70.5 Å². The van der Waals surface area contributed by atoms with Crippen LogP contribution in [0.2, 0.25) is 0 Å². The molecule has 136 valence electrons. The van der Waals surface area contributed by atoms with Crippen molar-refractivity contribution < 1.29 is 63.2 Å². The van der Waals surface area contributed by atoms with E-state index in [1.54, 1.807) is 0 Å². The zero-order chi connectivity index (χ0) is 17.3. The van der Waals surface area contributed by atoms with E-state index in [2.05, 4.69) is 16.3 Å². The average molecular weight is 374 g/mol. The molecule has 0 saturated heterocycles. The SMILES string of the molecule is CCCCCCOC(=O)C(CC(=O)OCCCCC)SOO[O-].[Na+]. The van der Waals surface area contributed by atoms with Crippen LogP contribution in [0, 0.1) is 0 Å². The van der Waals surface area contributed by atoms with E-state index in [-0.39, 0.29) is 42.6 Å². The molecule has 0 radical (unpaired) electrons. The summed E-state index contributed by atoms with van der Waals surface area (Å²) >= 11 is 0.460. The molecule has 0 rings (SSSR count). The van der Waals surface area contributed by atoms with E-state index >= 15 is 0 Å². The van der Waals surface area contributed by atoms with Crippen LogP contribution in [0.1, 0.15) is 65.2 Å². The summed E-state index contributed by atoms with van der Waals surface area (Å²) in [6.07, 6.45) is 6.44. The molecule has 0 N–H and O–H groups in total. The molecule has 9 heteroatoms. The summed E-state index contributed by atoms with van der Waals surface area (Å²) in [7, 11) is 0. The second kappa shape index (κ2) is 19.5. The minimum absolute atomic E-state index is 0. The molecule has 0 spiro atoms. The van der Waals surface area contributed by atoms with Gasteiger partial charge in [0.2, 0.25) is 0 Å². The summed E-state index contributed by atoms with van der Waals surface area (Å²) < 4.78 is 14.3. The maximum Gasteiger partial charge on any atom is 1.00 e. The van der Waals surface area contributed by atoms with Crippen LogP contribution >= 0.6 is 12.0 Å². The van der Waals surface area contributed by atoms with Crippen LogP contribution in [-0.2, 0) is 28.4 Å². The van der Waals surface area contributed by atoms with Crippen molar-refractivity contribution in [3.63, 3.8) is 0 Å². The first-order valence-corrected chi connectivity index (χ1v) is 8.90. The third kappa shape index (κ3) is 15.7. The third-order valence-electron chi connectivity index (χ3n) is 3.05. The van der Waals surface area contributed by atoms with Gasteiger partial charge in [0.1, 0.15) is 5.25 Å². The molecule has 1 atom stereocenters. The van der Waals surface area contributed by atoms with Crippen molar-refractivity contribution in [2.75, 3.05) is 13.2 Å². The quantitative estimate of drug-likeness (QED) is 0.0944. The first kappa shape index (κ1) is 26.4. The van der Waals surface area contributed by atoms with Gasteiger partial charge in [-0.3, -0.25) is 14.6 Å². The maximum atomic E-state index is 11.9. The van der Waals surface area contributed by atoms with Crippen LogP contribution in [-0.4, -0.2) is 30.4 Å². The van der Waals surface area contributed by atoms with Crippen LogP contribution in [0.3, 0.4) is 0 Å². The van der Waals surface area contributed by atoms with Crippen LogP contribution in [0.15, 0.2) is 0 Å². The Bertz CT molecular complexity index is 318. The molecule has 0 aliphatic rings. The molecule has 0 heterocycles. The van der Waals surface area contributed by atoms with Gasteiger partial charge in [-0.1, -0.05) is 46.0 Å². The maximum absolute atomic E-state index is 11.9. The molecule has 1 unspecified atom stereocenters. The molecule has 0 aromatic rings. The van der Waals surface area contributed by atoms with E-state index in [1.807, 2.05) is 6.92 Å². The number of carbonyl (C=O) groups excluding carboxylic acids is 2. The fourth-order valence-corrected chi connectivity index (χ4v) is 2.24. The van der Waals surface area contributed by atoms with Crippen molar-refractivity contribution in [1.82, 2.24) is 0 Å². The van der Waals surface area contributed by atoms with E-state index in [0.29, 0.717) is 18.6 Å². The smallest absolute Gasteiger partial charge is 0.691 e.